The van der Waals surface area contributed by atoms with E-state index >= 15 is 0 Å². The minimum absolute atomic E-state index is 0.173. The molecule has 0 spiro atoms. The van der Waals surface area contributed by atoms with E-state index in [4.69, 9.17) is 4.42 Å². The lowest BCUT2D eigenvalue weighted by atomic mass is 9.91. The topological polar surface area (TPSA) is 80.3 Å². The highest BCUT2D eigenvalue weighted by Crippen LogP contribution is 2.25. The van der Waals surface area contributed by atoms with E-state index in [-0.39, 0.29) is 11.7 Å². The first kappa shape index (κ1) is 14.6. The van der Waals surface area contributed by atoms with Crippen LogP contribution in [0.25, 0.3) is 0 Å². The normalized spacial score (nSPS) is 17.2. The molecule has 116 valence electrons. The zero-order valence-corrected chi connectivity index (χ0v) is 12.3. The predicted molar refractivity (Wildman–Crippen MR) is 80.7 cm³/mol. The number of furan rings is 1. The number of carboxylic acid groups (broad SMARTS) is 1. The molecule has 2 heterocycles. The molecule has 0 fully saturated rings. The van der Waals surface area contributed by atoms with Gasteiger partial charge in [0.25, 0.3) is 0 Å². The molecule has 0 radical (unpaired) electrons. The number of hydrogen-bond acceptors (Lipinski definition) is 4. The summed E-state index contributed by atoms with van der Waals surface area (Å²) in [7, 11) is 0. The summed E-state index contributed by atoms with van der Waals surface area (Å²) in [5.41, 5.74) is 3.14. The van der Waals surface area contributed by atoms with Gasteiger partial charge in [-0.25, -0.2) is 4.79 Å². The number of allylic oxidation sites excluding steroid dienone is 1. The minimum atomic E-state index is -0.963. The van der Waals surface area contributed by atoms with Crippen molar-refractivity contribution < 1.29 is 14.3 Å². The largest absolute Gasteiger partial charge is 0.476 e. The molecule has 6 heteroatoms. The van der Waals surface area contributed by atoms with Crippen molar-refractivity contribution in [3.05, 3.63) is 53.8 Å². The standard InChI is InChI=1S/C16H19N3O3/c1-2-6-19-14-4-3-12(17-9-11-5-7-22-10-11)8-13(14)15(18-19)16(20)21/h2,5,7,10,12,17H,1,3-4,6,8-9H2,(H,20,21)/t12-/m1/s1. The first-order valence-electron chi connectivity index (χ1n) is 7.36. The predicted octanol–water partition coefficient (Wildman–Crippen LogP) is 2.01. The number of carbonyl (C=O) groups is 1. The summed E-state index contributed by atoms with van der Waals surface area (Å²) in [6, 6.07) is 2.17. The van der Waals surface area contributed by atoms with Gasteiger partial charge >= 0.3 is 5.97 Å². The molecule has 0 aromatic carbocycles. The van der Waals surface area contributed by atoms with Gasteiger partial charge in [-0.05, 0) is 25.3 Å². The SMILES string of the molecule is C=CCn1nc(C(=O)O)c2c1CC[C@@H](NCc1ccoc1)C2. The number of nitrogens with zero attached hydrogens (tertiary/aromatic N) is 2. The van der Waals surface area contributed by atoms with E-state index in [1.165, 1.54) is 0 Å². The van der Waals surface area contributed by atoms with Crippen LogP contribution in [-0.4, -0.2) is 26.9 Å². The Hall–Kier alpha value is -2.34. The molecule has 0 bridgehead atoms. The maximum absolute atomic E-state index is 11.4. The van der Waals surface area contributed by atoms with Crippen molar-refractivity contribution in [1.82, 2.24) is 15.1 Å². The van der Waals surface area contributed by atoms with Gasteiger partial charge in [-0.15, -0.1) is 6.58 Å². The van der Waals surface area contributed by atoms with Gasteiger partial charge in [-0.2, -0.15) is 5.10 Å². The molecule has 0 saturated heterocycles. The maximum Gasteiger partial charge on any atom is 0.356 e. The van der Waals surface area contributed by atoms with E-state index in [0.717, 1.165) is 36.2 Å². The Morgan fingerprint density at radius 2 is 2.50 bits per heavy atom. The van der Waals surface area contributed by atoms with Gasteiger partial charge in [0.2, 0.25) is 0 Å². The fraction of sp³-hybridized carbons (Fsp3) is 0.375. The second-order valence-corrected chi connectivity index (χ2v) is 5.50. The number of aromatic carboxylic acids is 1. The summed E-state index contributed by atoms with van der Waals surface area (Å²) < 4.78 is 6.81. The van der Waals surface area contributed by atoms with E-state index < -0.39 is 5.97 Å². The third kappa shape index (κ3) is 2.82. The van der Waals surface area contributed by atoms with Crippen LogP contribution in [0.15, 0.2) is 35.7 Å². The number of carboxylic acids is 1. The van der Waals surface area contributed by atoms with Crippen LogP contribution in [0.3, 0.4) is 0 Å². The summed E-state index contributed by atoms with van der Waals surface area (Å²) in [6.07, 6.45) is 7.58. The Bertz CT molecular complexity index is 673. The first-order valence-corrected chi connectivity index (χ1v) is 7.36. The van der Waals surface area contributed by atoms with Crippen molar-refractivity contribution in [1.29, 1.82) is 0 Å². The zero-order chi connectivity index (χ0) is 15.5. The van der Waals surface area contributed by atoms with Crippen molar-refractivity contribution in [3.8, 4) is 0 Å². The second kappa shape index (κ2) is 6.19. The molecule has 2 aromatic heterocycles. The third-order valence-corrected chi connectivity index (χ3v) is 4.03. The van der Waals surface area contributed by atoms with Crippen LogP contribution >= 0.6 is 0 Å². The van der Waals surface area contributed by atoms with Crippen molar-refractivity contribution in [2.45, 2.75) is 38.4 Å². The summed E-state index contributed by atoms with van der Waals surface area (Å²) in [4.78, 5) is 11.4. The average Bonchev–Trinajstić information content (AvgIpc) is 3.13. The summed E-state index contributed by atoms with van der Waals surface area (Å²) >= 11 is 0. The number of nitrogens with one attached hydrogen (secondary N) is 1. The highest BCUT2D eigenvalue weighted by atomic mass is 16.4. The quantitative estimate of drug-likeness (QED) is 0.798. The van der Waals surface area contributed by atoms with Gasteiger partial charge in [-0.1, -0.05) is 6.08 Å². The third-order valence-electron chi connectivity index (χ3n) is 4.03. The number of rotatable bonds is 6. The van der Waals surface area contributed by atoms with Gasteiger partial charge in [0.05, 0.1) is 19.1 Å². The van der Waals surface area contributed by atoms with Crippen LogP contribution in [0.5, 0.6) is 0 Å². The molecular formula is C16H19N3O3. The van der Waals surface area contributed by atoms with Crippen LogP contribution in [0.1, 0.15) is 33.7 Å². The Balaban J connectivity index is 1.76. The Morgan fingerprint density at radius 1 is 1.64 bits per heavy atom. The average molecular weight is 301 g/mol. The Labute approximate surface area is 128 Å². The van der Waals surface area contributed by atoms with Crippen LogP contribution in [0.4, 0.5) is 0 Å². The summed E-state index contributed by atoms with van der Waals surface area (Å²) in [5, 5.41) is 17.0. The van der Waals surface area contributed by atoms with Gasteiger partial charge in [0, 0.05) is 29.4 Å². The van der Waals surface area contributed by atoms with Crippen LogP contribution in [0.2, 0.25) is 0 Å². The monoisotopic (exact) mass is 301 g/mol. The molecule has 0 aliphatic heterocycles. The van der Waals surface area contributed by atoms with E-state index in [0.29, 0.717) is 13.0 Å². The minimum Gasteiger partial charge on any atom is -0.476 e. The zero-order valence-electron chi connectivity index (χ0n) is 12.3. The molecule has 22 heavy (non-hydrogen) atoms. The fourth-order valence-corrected chi connectivity index (χ4v) is 2.96. The van der Waals surface area contributed by atoms with E-state index in [1.54, 1.807) is 23.3 Å². The fourth-order valence-electron chi connectivity index (χ4n) is 2.96. The van der Waals surface area contributed by atoms with Gasteiger partial charge < -0.3 is 14.8 Å². The van der Waals surface area contributed by atoms with E-state index in [1.807, 2.05) is 6.07 Å². The highest BCUT2D eigenvalue weighted by molar-refractivity contribution is 5.87. The lowest BCUT2D eigenvalue weighted by Crippen LogP contribution is -2.34. The smallest absolute Gasteiger partial charge is 0.356 e. The molecule has 2 aromatic rings. The summed E-state index contributed by atoms with van der Waals surface area (Å²) in [6.45, 7) is 4.97. The number of hydrogen-bond donors (Lipinski definition) is 2. The van der Waals surface area contributed by atoms with Crippen molar-refractivity contribution in [3.63, 3.8) is 0 Å². The Kier molecular flexibility index (Phi) is 4.11. The molecule has 3 rings (SSSR count). The van der Waals surface area contributed by atoms with Gasteiger partial charge in [0.15, 0.2) is 5.69 Å². The number of aromatic nitrogens is 2. The molecular weight excluding hydrogens is 282 g/mol. The van der Waals surface area contributed by atoms with Gasteiger partial charge in [0.1, 0.15) is 0 Å². The molecule has 2 N–H and O–H groups in total. The Morgan fingerprint density at radius 3 is 3.18 bits per heavy atom. The van der Waals surface area contributed by atoms with Crippen molar-refractivity contribution in [2.24, 2.45) is 0 Å². The van der Waals surface area contributed by atoms with Crippen LogP contribution < -0.4 is 5.32 Å². The van der Waals surface area contributed by atoms with Crippen molar-refractivity contribution in [2.75, 3.05) is 0 Å². The molecule has 0 saturated carbocycles. The lowest BCUT2D eigenvalue weighted by Gasteiger charge is -2.24. The van der Waals surface area contributed by atoms with Crippen molar-refractivity contribution >= 4 is 5.97 Å². The molecule has 1 aliphatic rings. The molecule has 6 nitrogen and oxygen atoms in total. The first-order chi connectivity index (χ1) is 10.7. The summed E-state index contributed by atoms with van der Waals surface area (Å²) in [5.74, 6) is -0.963. The van der Waals surface area contributed by atoms with Crippen LogP contribution in [0, 0.1) is 0 Å². The maximum atomic E-state index is 11.4. The number of fused-ring (bicyclic) bond motifs is 1. The van der Waals surface area contributed by atoms with E-state index in [2.05, 4.69) is 17.0 Å². The molecule has 0 amide bonds. The van der Waals surface area contributed by atoms with Gasteiger partial charge in [-0.3, -0.25) is 4.68 Å². The molecule has 1 aliphatic carbocycles. The molecule has 0 unspecified atom stereocenters. The second-order valence-electron chi connectivity index (χ2n) is 5.50. The van der Waals surface area contributed by atoms with E-state index in [9.17, 15) is 9.90 Å². The van der Waals surface area contributed by atoms with Crippen LogP contribution in [-0.2, 0) is 25.9 Å². The highest BCUT2D eigenvalue weighted by Gasteiger charge is 2.28. The molecule has 1 atom stereocenters. The lowest BCUT2D eigenvalue weighted by molar-refractivity contribution is 0.0688.